The Morgan fingerprint density at radius 1 is 0.165 bits per heavy atom. The second kappa shape index (κ2) is 22.0. The zero-order chi connectivity index (χ0) is 63.7. The lowest BCUT2D eigenvalue weighted by Gasteiger charge is -2.19. The van der Waals surface area contributed by atoms with E-state index < -0.39 is 0 Å². The summed E-state index contributed by atoms with van der Waals surface area (Å²) in [7, 11) is 0. The maximum Gasteiger partial charge on any atom is 0.242 e. The molecule has 0 aliphatic rings. The van der Waals surface area contributed by atoms with Crippen LogP contribution in [-0.2, 0) is 0 Å². The van der Waals surface area contributed by atoms with Crippen LogP contribution in [0.3, 0.4) is 0 Å². The van der Waals surface area contributed by atoms with E-state index in [0.29, 0.717) is 0 Å². The van der Waals surface area contributed by atoms with Gasteiger partial charge in [-0.2, -0.15) is 0 Å². The molecule has 0 saturated carbocycles. The van der Waals surface area contributed by atoms with Gasteiger partial charge in [0, 0.05) is 82.3 Å². The fourth-order valence-electron chi connectivity index (χ4n) is 16.8. The second-order valence-electron chi connectivity index (χ2n) is 25.8. The van der Waals surface area contributed by atoms with Gasteiger partial charge < -0.3 is 22.8 Å². The SMILES string of the molecule is c1ccc(B(c2ccccc2)c2cc3c(c4ccccc4n3-c3ccccc3)c3c2c2ccccc2n3-c2ccc3c(c2)c2cc(-n4c5ccccc5c5c(B(c6ccccc6)c6ccccc6)cc6c(c7ccccc7n6-c6ccccc6)c54)ccc2n3-c2ccccc2)cc1. The van der Waals surface area contributed by atoms with Gasteiger partial charge in [0.05, 0.1) is 55.2 Å². The van der Waals surface area contributed by atoms with Crippen LogP contribution in [0, 0.1) is 0 Å². The average Bonchev–Trinajstić information content (AvgIpc) is 1.53. The zero-order valence-electron chi connectivity index (χ0n) is 53.0. The van der Waals surface area contributed by atoms with Gasteiger partial charge in [0.2, 0.25) is 13.4 Å². The van der Waals surface area contributed by atoms with Crippen molar-refractivity contribution in [2.45, 2.75) is 0 Å². The highest BCUT2D eigenvalue weighted by molar-refractivity contribution is 6.98. The molecule has 0 aliphatic heterocycles. The first-order valence-corrected chi connectivity index (χ1v) is 33.7. The largest absolute Gasteiger partial charge is 0.309 e. The van der Waals surface area contributed by atoms with Crippen molar-refractivity contribution in [1.29, 1.82) is 0 Å². The van der Waals surface area contributed by atoms with E-state index in [4.69, 9.17) is 0 Å². The number of benzene rings is 15. The van der Waals surface area contributed by atoms with E-state index >= 15 is 0 Å². The lowest BCUT2D eigenvalue weighted by atomic mass is 9.36. The molecule has 0 amide bonds. The number of aromatic nitrogens is 5. The van der Waals surface area contributed by atoms with Crippen LogP contribution in [0.4, 0.5) is 0 Å². The predicted molar refractivity (Wildman–Crippen MR) is 413 cm³/mol. The first kappa shape index (κ1) is 54.9. The first-order valence-electron chi connectivity index (χ1n) is 33.7. The predicted octanol–water partition coefficient (Wildman–Crippen LogP) is 18.2. The standard InChI is InChI=1S/C90H59B2N5/c1-8-30-60(31-9-1)91(61-32-10-2-11-33-61)75-58-83-87(71-46-24-26-48-77(71)94(83)65-40-18-6-19-41-65)89-85(75)69-44-22-28-50-79(69)96(89)67-52-54-81-73(56-67)74-57-68(53-55-82(74)93(81)64-38-16-5-17-39-64)97-80-51-29-23-45-70(80)86-76(92(62-34-12-3-13-35-62)63-36-14-4-15-37-63)59-84-88(90(86)97)72-47-25-27-49-78(72)95(84)66-42-20-7-21-43-66/h1-59H. The fourth-order valence-corrected chi connectivity index (χ4v) is 16.8. The molecule has 5 heterocycles. The summed E-state index contributed by atoms with van der Waals surface area (Å²) in [6.45, 7) is -0.174. The number of fused-ring (bicyclic) bond motifs is 17. The molecule has 0 bridgehead atoms. The van der Waals surface area contributed by atoms with Crippen LogP contribution in [0.15, 0.2) is 358 Å². The second-order valence-corrected chi connectivity index (χ2v) is 25.8. The molecule has 450 valence electrons. The van der Waals surface area contributed by atoms with Crippen molar-refractivity contribution in [3.63, 3.8) is 0 Å². The summed E-state index contributed by atoms with van der Waals surface area (Å²) in [4.78, 5) is 0. The summed E-state index contributed by atoms with van der Waals surface area (Å²) in [5.74, 6) is 0. The average molecular weight is 1230 g/mol. The van der Waals surface area contributed by atoms with Crippen molar-refractivity contribution in [2.75, 3.05) is 0 Å². The highest BCUT2D eigenvalue weighted by atomic mass is 15.0. The molecular weight excluding hydrogens is 1170 g/mol. The maximum atomic E-state index is 2.60. The van der Waals surface area contributed by atoms with Gasteiger partial charge in [-0.1, -0.05) is 281 Å². The summed E-state index contributed by atoms with van der Waals surface area (Å²) in [5, 5.41) is 12.1. The molecule has 0 fully saturated rings. The Kier molecular flexibility index (Phi) is 12.5. The van der Waals surface area contributed by atoms with Gasteiger partial charge in [0.25, 0.3) is 0 Å². The Morgan fingerprint density at radius 2 is 0.412 bits per heavy atom. The van der Waals surface area contributed by atoms with Crippen molar-refractivity contribution in [3.05, 3.63) is 358 Å². The number of nitrogens with zero attached hydrogens (tertiary/aromatic N) is 5. The molecule has 7 heteroatoms. The van der Waals surface area contributed by atoms with E-state index in [9.17, 15) is 0 Å². The molecule has 97 heavy (non-hydrogen) atoms. The monoisotopic (exact) mass is 1230 g/mol. The third-order valence-corrected chi connectivity index (χ3v) is 20.7. The smallest absolute Gasteiger partial charge is 0.242 e. The maximum absolute atomic E-state index is 2.60. The topological polar surface area (TPSA) is 24.6 Å². The number of hydrogen-bond acceptors (Lipinski definition) is 0. The Balaban J connectivity index is 0.920. The van der Waals surface area contributed by atoms with Gasteiger partial charge in [-0.05, 0) is 109 Å². The Morgan fingerprint density at radius 3 is 0.732 bits per heavy atom. The van der Waals surface area contributed by atoms with Crippen LogP contribution in [-0.4, -0.2) is 36.3 Å². The lowest BCUT2D eigenvalue weighted by molar-refractivity contribution is 1.16. The molecule has 5 aromatic heterocycles. The van der Waals surface area contributed by atoms with Crippen LogP contribution < -0.4 is 32.8 Å². The number of rotatable bonds is 11. The minimum Gasteiger partial charge on any atom is -0.309 e. The van der Waals surface area contributed by atoms with Crippen LogP contribution in [0.5, 0.6) is 0 Å². The minimum absolute atomic E-state index is 0.0869. The van der Waals surface area contributed by atoms with Crippen LogP contribution in [0.1, 0.15) is 0 Å². The molecule has 15 aromatic carbocycles. The van der Waals surface area contributed by atoms with Gasteiger partial charge in [0.15, 0.2) is 0 Å². The summed E-state index contributed by atoms with van der Waals surface area (Å²) in [6, 6.07) is 133. The van der Waals surface area contributed by atoms with Gasteiger partial charge in [-0.3, -0.25) is 0 Å². The van der Waals surface area contributed by atoms with E-state index in [-0.39, 0.29) is 13.4 Å². The van der Waals surface area contributed by atoms with Crippen molar-refractivity contribution < 1.29 is 0 Å². The quantitative estimate of drug-likeness (QED) is 0.115. The fraction of sp³-hybridized carbons (Fsp3) is 0. The third-order valence-electron chi connectivity index (χ3n) is 20.7. The highest BCUT2D eigenvalue weighted by Gasteiger charge is 2.33. The van der Waals surface area contributed by atoms with Crippen molar-refractivity contribution in [1.82, 2.24) is 22.8 Å². The molecule has 0 aliphatic carbocycles. The van der Waals surface area contributed by atoms with Crippen molar-refractivity contribution >= 4 is 155 Å². The summed E-state index contributed by atoms with van der Waals surface area (Å²) in [5.41, 5.74) is 24.6. The number of para-hydroxylation sites is 7. The minimum atomic E-state index is -0.0869. The van der Waals surface area contributed by atoms with Crippen molar-refractivity contribution in [3.8, 4) is 28.4 Å². The Labute approximate surface area is 561 Å². The van der Waals surface area contributed by atoms with E-state index in [1.165, 1.54) is 97.9 Å². The molecular formula is C90H59B2N5. The van der Waals surface area contributed by atoms with E-state index in [1.54, 1.807) is 0 Å². The molecule has 0 N–H and O–H groups in total. The highest BCUT2D eigenvalue weighted by Crippen LogP contribution is 2.46. The molecule has 0 saturated heterocycles. The normalized spacial score (nSPS) is 11.9. The zero-order valence-corrected chi connectivity index (χ0v) is 53.0. The number of hydrogen-bond donors (Lipinski definition) is 0. The first-order chi connectivity index (χ1) is 48.2. The van der Waals surface area contributed by atoms with E-state index in [2.05, 4.69) is 381 Å². The molecule has 0 spiro atoms. The van der Waals surface area contributed by atoms with E-state index in [0.717, 1.165) is 72.3 Å². The lowest BCUT2D eigenvalue weighted by Crippen LogP contribution is -2.52. The van der Waals surface area contributed by atoms with Crippen molar-refractivity contribution in [2.24, 2.45) is 0 Å². The Bertz CT molecular complexity index is 6020. The van der Waals surface area contributed by atoms with Gasteiger partial charge in [-0.15, -0.1) is 0 Å². The molecule has 0 radical (unpaired) electrons. The molecule has 20 rings (SSSR count). The van der Waals surface area contributed by atoms with Crippen LogP contribution >= 0.6 is 0 Å². The van der Waals surface area contributed by atoms with E-state index in [1.807, 2.05) is 0 Å². The molecule has 0 unspecified atom stereocenters. The van der Waals surface area contributed by atoms with Gasteiger partial charge in [0.1, 0.15) is 0 Å². The molecule has 0 atom stereocenters. The summed E-state index contributed by atoms with van der Waals surface area (Å²) < 4.78 is 12.7. The molecule has 5 nitrogen and oxygen atoms in total. The summed E-state index contributed by atoms with van der Waals surface area (Å²) in [6.07, 6.45) is 0. The summed E-state index contributed by atoms with van der Waals surface area (Å²) >= 11 is 0. The van der Waals surface area contributed by atoms with Gasteiger partial charge in [-0.25, -0.2) is 0 Å². The van der Waals surface area contributed by atoms with Gasteiger partial charge >= 0.3 is 0 Å². The third kappa shape index (κ3) is 8.35. The van der Waals surface area contributed by atoms with Crippen LogP contribution in [0.2, 0.25) is 0 Å². The Hall–Kier alpha value is -12.6. The molecule has 20 aromatic rings. The van der Waals surface area contributed by atoms with Crippen LogP contribution in [0.25, 0.3) is 137 Å².